The maximum atomic E-state index is 9.87. The van der Waals surface area contributed by atoms with Crippen LogP contribution in [0.5, 0.6) is 0 Å². The van der Waals surface area contributed by atoms with Crippen molar-refractivity contribution in [3.8, 4) is 0 Å². The first-order valence-electron chi connectivity index (χ1n) is 4.54. The lowest BCUT2D eigenvalue weighted by molar-refractivity contribution is -0.0352. The molecule has 0 spiro atoms. The molecule has 0 amide bonds. The van der Waals surface area contributed by atoms with E-state index in [0.29, 0.717) is 6.42 Å². The summed E-state index contributed by atoms with van der Waals surface area (Å²) < 4.78 is 0. The number of hydrogen-bond donors (Lipinski definition) is 3. The van der Waals surface area contributed by atoms with Crippen molar-refractivity contribution < 1.29 is 10.2 Å². The molecule has 0 rings (SSSR count). The molecule has 0 aliphatic heterocycles. The summed E-state index contributed by atoms with van der Waals surface area (Å²) in [5, 5.41) is 19.1. The Balaban J connectivity index is 4.02. The van der Waals surface area contributed by atoms with Crippen molar-refractivity contribution >= 4 is 0 Å². The summed E-state index contributed by atoms with van der Waals surface area (Å²) in [7, 11) is 0. The lowest BCUT2D eigenvalue weighted by Gasteiger charge is -2.31. The fourth-order valence-electron chi connectivity index (χ4n) is 1.20. The summed E-state index contributed by atoms with van der Waals surface area (Å²) in [6.45, 7) is 5.96. The summed E-state index contributed by atoms with van der Waals surface area (Å²) in [6.07, 6.45) is 0.678. The van der Waals surface area contributed by atoms with Gasteiger partial charge in [-0.15, -0.1) is 0 Å². The van der Waals surface area contributed by atoms with Crippen molar-refractivity contribution in [1.29, 1.82) is 0 Å². The number of rotatable bonds is 5. The highest BCUT2D eigenvalue weighted by Gasteiger charge is 2.29. The average Bonchev–Trinajstić information content (AvgIpc) is 2.02. The maximum Gasteiger partial charge on any atom is 0.0689 e. The van der Waals surface area contributed by atoms with Gasteiger partial charge in [-0.1, -0.05) is 20.3 Å². The normalized spacial score (nSPS) is 21.5. The van der Waals surface area contributed by atoms with E-state index in [1.807, 2.05) is 13.8 Å². The first-order chi connectivity index (χ1) is 5.44. The molecule has 0 aliphatic carbocycles. The molecule has 3 atom stereocenters. The SMILES string of the molecule is CC[C@H](C)[C@@](C)(O)C[C@H](O)CN. The van der Waals surface area contributed by atoms with Crippen LogP contribution in [0.2, 0.25) is 0 Å². The first kappa shape index (κ1) is 11.9. The number of hydrogen-bond acceptors (Lipinski definition) is 3. The van der Waals surface area contributed by atoms with Crippen LogP contribution in [-0.2, 0) is 0 Å². The second-order valence-electron chi connectivity index (χ2n) is 3.76. The zero-order chi connectivity index (χ0) is 9.78. The lowest BCUT2D eigenvalue weighted by Crippen LogP contribution is -2.38. The molecule has 12 heavy (non-hydrogen) atoms. The third-order valence-electron chi connectivity index (χ3n) is 2.59. The summed E-state index contributed by atoms with van der Waals surface area (Å²) in [5.41, 5.74) is 4.46. The Labute approximate surface area is 74.6 Å². The second kappa shape index (κ2) is 4.80. The Bertz CT molecular complexity index is 126. The lowest BCUT2D eigenvalue weighted by atomic mass is 9.84. The zero-order valence-corrected chi connectivity index (χ0v) is 8.25. The van der Waals surface area contributed by atoms with Gasteiger partial charge in [0.15, 0.2) is 0 Å². The van der Waals surface area contributed by atoms with E-state index >= 15 is 0 Å². The smallest absolute Gasteiger partial charge is 0.0689 e. The molecule has 0 fully saturated rings. The van der Waals surface area contributed by atoms with E-state index in [0.717, 1.165) is 6.42 Å². The number of aliphatic hydroxyl groups is 2. The van der Waals surface area contributed by atoms with Crippen LogP contribution >= 0.6 is 0 Å². The predicted octanol–water partition coefficient (Wildman–Crippen LogP) is 0.493. The van der Waals surface area contributed by atoms with E-state index in [-0.39, 0.29) is 12.5 Å². The molecule has 3 nitrogen and oxygen atoms in total. The van der Waals surface area contributed by atoms with Gasteiger partial charge in [-0.2, -0.15) is 0 Å². The molecule has 0 aromatic carbocycles. The first-order valence-corrected chi connectivity index (χ1v) is 4.54. The molecule has 0 heterocycles. The standard InChI is InChI=1S/C9H21NO2/c1-4-7(2)9(3,12)5-8(11)6-10/h7-8,11-12H,4-6,10H2,1-3H3/t7-,8-,9-/m0/s1. The number of aliphatic hydroxyl groups excluding tert-OH is 1. The summed E-state index contributed by atoms with van der Waals surface area (Å²) >= 11 is 0. The molecule has 4 N–H and O–H groups in total. The highest BCUT2D eigenvalue weighted by molar-refractivity contribution is 4.81. The van der Waals surface area contributed by atoms with Crippen LogP contribution in [0.15, 0.2) is 0 Å². The van der Waals surface area contributed by atoms with E-state index in [1.165, 1.54) is 0 Å². The van der Waals surface area contributed by atoms with Crippen LogP contribution in [-0.4, -0.2) is 28.5 Å². The zero-order valence-electron chi connectivity index (χ0n) is 8.25. The Morgan fingerprint density at radius 2 is 2.00 bits per heavy atom. The molecule has 3 heteroatoms. The quantitative estimate of drug-likeness (QED) is 0.570. The molecule has 0 aromatic heterocycles. The van der Waals surface area contributed by atoms with Gasteiger partial charge in [-0.05, 0) is 12.8 Å². The minimum absolute atomic E-state index is 0.193. The predicted molar refractivity (Wildman–Crippen MR) is 49.8 cm³/mol. The second-order valence-corrected chi connectivity index (χ2v) is 3.76. The minimum Gasteiger partial charge on any atom is -0.392 e. The monoisotopic (exact) mass is 175 g/mol. The fourth-order valence-corrected chi connectivity index (χ4v) is 1.20. The van der Waals surface area contributed by atoms with Crippen LogP contribution < -0.4 is 5.73 Å². The van der Waals surface area contributed by atoms with E-state index in [4.69, 9.17) is 5.73 Å². The van der Waals surface area contributed by atoms with E-state index in [9.17, 15) is 10.2 Å². The topological polar surface area (TPSA) is 66.5 Å². The Hall–Kier alpha value is -0.120. The molecule has 0 saturated carbocycles. The van der Waals surface area contributed by atoms with E-state index < -0.39 is 11.7 Å². The molecule has 0 aliphatic rings. The summed E-state index contributed by atoms with van der Waals surface area (Å²) in [5.74, 6) is 0.193. The molecule has 0 bridgehead atoms. The van der Waals surface area contributed by atoms with Gasteiger partial charge in [0.1, 0.15) is 0 Å². The molecule has 0 aromatic rings. The largest absolute Gasteiger partial charge is 0.392 e. The Morgan fingerprint density at radius 1 is 1.50 bits per heavy atom. The molecule has 0 saturated heterocycles. The maximum absolute atomic E-state index is 9.87. The molecular weight excluding hydrogens is 154 g/mol. The van der Waals surface area contributed by atoms with Crippen molar-refractivity contribution in [2.24, 2.45) is 11.7 Å². The molecule has 74 valence electrons. The Kier molecular flexibility index (Phi) is 4.75. The molecule has 0 radical (unpaired) electrons. The highest BCUT2D eigenvalue weighted by Crippen LogP contribution is 2.24. The molecule has 0 unspecified atom stereocenters. The number of nitrogens with two attached hydrogens (primary N) is 1. The summed E-state index contributed by atoms with van der Waals surface area (Å²) in [4.78, 5) is 0. The van der Waals surface area contributed by atoms with Gasteiger partial charge >= 0.3 is 0 Å². The minimum atomic E-state index is -0.798. The van der Waals surface area contributed by atoms with Crippen molar-refractivity contribution in [1.82, 2.24) is 0 Å². The Morgan fingerprint density at radius 3 is 2.33 bits per heavy atom. The van der Waals surface area contributed by atoms with Gasteiger partial charge in [-0.25, -0.2) is 0 Å². The van der Waals surface area contributed by atoms with Crippen LogP contribution in [0, 0.1) is 5.92 Å². The van der Waals surface area contributed by atoms with Gasteiger partial charge < -0.3 is 15.9 Å². The van der Waals surface area contributed by atoms with Gasteiger partial charge in [0.05, 0.1) is 11.7 Å². The fraction of sp³-hybridized carbons (Fsp3) is 1.00. The van der Waals surface area contributed by atoms with Crippen LogP contribution in [0.1, 0.15) is 33.6 Å². The van der Waals surface area contributed by atoms with E-state index in [1.54, 1.807) is 6.92 Å². The van der Waals surface area contributed by atoms with Crippen molar-refractivity contribution in [3.05, 3.63) is 0 Å². The average molecular weight is 175 g/mol. The van der Waals surface area contributed by atoms with Crippen LogP contribution in [0.25, 0.3) is 0 Å². The van der Waals surface area contributed by atoms with Crippen LogP contribution in [0.4, 0.5) is 0 Å². The van der Waals surface area contributed by atoms with Gasteiger partial charge in [0, 0.05) is 13.0 Å². The van der Waals surface area contributed by atoms with Gasteiger partial charge in [0.2, 0.25) is 0 Å². The van der Waals surface area contributed by atoms with Crippen molar-refractivity contribution in [2.75, 3.05) is 6.54 Å². The van der Waals surface area contributed by atoms with Gasteiger partial charge in [0.25, 0.3) is 0 Å². The van der Waals surface area contributed by atoms with E-state index in [2.05, 4.69) is 0 Å². The van der Waals surface area contributed by atoms with Crippen molar-refractivity contribution in [3.63, 3.8) is 0 Å². The van der Waals surface area contributed by atoms with Crippen LogP contribution in [0.3, 0.4) is 0 Å². The third kappa shape index (κ3) is 3.52. The summed E-state index contributed by atoms with van der Waals surface area (Å²) in [6, 6.07) is 0. The highest BCUT2D eigenvalue weighted by atomic mass is 16.3. The van der Waals surface area contributed by atoms with Gasteiger partial charge in [-0.3, -0.25) is 0 Å². The molecular formula is C9H21NO2. The third-order valence-corrected chi connectivity index (χ3v) is 2.59. The van der Waals surface area contributed by atoms with Crippen molar-refractivity contribution in [2.45, 2.75) is 45.3 Å².